The molecule has 0 saturated carbocycles. The summed E-state index contributed by atoms with van der Waals surface area (Å²) < 4.78 is 6.08. The summed E-state index contributed by atoms with van der Waals surface area (Å²) in [5.41, 5.74) is 8.75. The number of ether oxygens (including phenoxy) is 1. The van der Waals surface area contributed by atoms with Gasteiger partial charge in [0.05, 0.1) is 5.69 Å². The molecule has 112 valence electrons. The first kappa shape index (κ1) is 15.8. The number of nitrogens with zero attached hydrogens (tertiary/aromatic N) is 1. The van der Waals surface area contributed by atoms with Gasteiger partial charge in [-0.2, -0.15) is 0 Å². The normalized spacial score (nSPS) is 12.5. The van der Waals surface area contributed by atoms with Crippen LogP contribution in [0, 0.1) is 6.92 Å². The molecule has 4 heteroatoms. The van der Waals surface area contributed by atoms with Crippen molar-refractivity contribution in [1.29, 1.82) is 0 Å². The molecule has 2 N–H and O–H groups in total. The first-order chi connectivity index (χ1) is 10.0. The van der Waals surface area contributed by atoms with Gasteiger partial charge in [-0.1, -0.05) is 31.5 Å². The Morgan fingerprint density at radius 1 is 1.29 bits per heavy atom. The van der Waals surface area contributed by atoms with Crippen LogP contribution in [-0.2, 0) is 0 Å². The fourth-order valence-electron chi connectivity index (χ4n) is 2.19. The van der Waals surface area contributed by atoms with Crippen molar-refractivity contribution in [1.82, 2.24) is 4.98 Å². The number of pyridine rings is 1. The van der Waals surface area contributed by atoms with Crippen molar-refractivity contribution >= 4 is 11.6 Å². The van der Waals surface area contributed by atoms with Crippen molar-refractivity contribution in [2.45, 2.75) is 32.8 Å². The van der Waals surface area contributed by atoms with Crippen molar-refractivity contribution in [3.8, 4) is 5.75 Å². The summed E-state index contributed by atoms with van der Waals surface area (Å²) in [7, 11) is 0. The first-order valence-electron chi connectivity index (χ1n) is 7.10. The minimum absolute atomic E-state index is 0.258. The lowest BCUT2D eigenvalue weighted by Crippen LogP contribution is -2.20. The van der Waals surface area contributed by atoms with E-state index in [4.69, 9.17) is 22.1 Å². The second-order valence-electron chi connectivity index (χ2n) is 5.39. The van der Waals surface area contributed by atoms with E-state index in [2.05, 4.69) is 18.8 Å². The Balaban J connectivity index is 2.31. The maximum Gasteiger partial charge on any atom is 0.153 e. The van der Waals surface area contributed by atoms with Gasteiger partial charge in [-0.05, 0) is 48.2 Å². The number of nitrogens with two attached hydrogens (primary N) is 1. The molecular weight excluding hydrogens is 284 g/mol. The summed E-state index contributed by atoms with van der Waals surface area (Å²) in [6.45, 7) is 6.58. The highest BCUT2D eigenvalue weighted by atomic mass is 35.5. The lowest BCUT2D eigenvalue weighted by Gasteiger charge is -2.20. The first-order valence-corrected chi connectivity index (χ1v) is 7.48. The van der Waals surface area contributed by atoms with Crippen molar-refractivity contribution < 1.29 is 4.74 Å². The van der Waals surface area contributed by atoms with E-state index < -0.39 is 0 Å². The molecule has 0 fully saturated rings. The molecule has 0 spiro atoms. The smallest absolute Gasteiger partial charge is 0.153 e. The number of aryl methyl sites for hydroxylation is 1. The van der Waals surface area contributed by atoms with Crippen molar-refractivity contribution in [3.05, 3.63) is 58.4 Å². The second kappa shape index (κ2) is 6.92. The average Bonchev–Trinajstić information content (AvgIpc) is 2.47. The van der Waals surface area contributed by atoms with Crippen LogP contribution < -0.4 is 10.5 Å². The van der Waals surface area contributed by atoms with Crippen molar-refractivity contribution in [3.63, 3.8) is 0 Å². The van der Waals surface area contributed by atoms with Gasteiger partial charge in [0, 0.05) is 17.8 Å². The summed E-state index contributed by atoms with van der Waals surface area (Å²) in [6.07, 6.45) is 1.49. The van der Waals surface area contributed by atoms with Crippen LogP contribution in [0.1, 0.15) is 42.7 Å². The second-order valence-corrected chi connectivity index (χ2v) is 5.80. The predicted molar refractivity (Wildman–Crippen MR) is 86.9 cm³/mol. The highest BCUT2D eigenvalue weighted by Crippen LogP contribution is 2.33. The van der Waals surface area contributed by atoms with Gasteiger partial charge >= 0.3 is 0 Å². The molecule has 0 bridgehead atoms. The molecule has 21 heavy (non-hydrogen) atoms. The Morgan fingerprint density at radius 3 is 2.62 bits per heavy atom. The van der Waals surface area contributed by atoms with Crippen molar-refractivity contribution in [2.24, 2.45) is 5.73 Å². The fourth-order valence-corrected chi connectivity index (χ4v) is 2.62. The maximum atomic E-state index is 6.29. The van der Waals surface area contributed by atoms with Crippen LogP contribution in [0.5, 0.6) is 5.75 Å². The largest absolute Gasteiger partial charge is 0.483 e. The van der Waals surface area contributed by atoms with E-state index in [1.165, 1.54) is 0 Å². The predicted octanol–water partition coefficient (Wildman–Crippen LogP) is 4.25. The number of benzene rings is 1. The number of halogens is 1. The van der Waals surface area contributed by atoms with Gasteiger partial charge in [-0.15, -0.1) is 0 Å². The fraction of sp³-hybridized carbons (Fsp3) is 0.353. The standard InChI is InChI=1S/C17H21ClN2O/c1-11(2)13-9-16(12(3)8-14(13)18)21-17(10-19)15-6-4-5-7-20-15/h4-9,11,17H,10,19H2,1-3H3. The zero-order valence-corrected chi connectivity index (χ0v) is 13.4. The molecule has 1 aromatic carbocycles. The lowest BCUT2D eigenvalue weighted by molar-refractivity contribution is 0.207. The number of hydrogen-bond acceptors (Lipinski definition) is 3. The molecule has 0 amide bonds. The Labute approximate surface area is 131 Å². The lowest BCUT2D eigenvalue weighted by atomic mass is 10.0. The van der Waals surface area contributed by atoms with Crippen LogP contribution in [0.15, 0.2) is 36.5 Å². The molecule has 1 aromatic heterocycles. The molecule has 1 atom stereocenters. The molecule has 0 aliphatic heterocycles. The Bertz CT molecular complexity index is 599. The third-order valence-electron chi connectivity index (χ3n) is 3.42. The molecule has 0 radical (unpaired) electrons. The van der Waals surface area contributed by atoms with Crippen LogP contribution in [0.3, 0.4) is 0 Å². The molecule has 2 aromatic rings. The zero-order chi connectivity index (χ0) is 15.4. The SMILES string of the molecule is Cc1cc(Cl)c(C(C)C)cc1OC(CN)c1ccccn1. The number of hydrogen-bond donors (Lipinski definition) is 1. The van der Waals surface area contributed by atoms with E-state index in [0.29, 0.717) is 12.5 Å². The van der Waals surface area contributed by atoms with Crippen LogP contribution in [-0.4, -0.2) is 11.5 Å². The molecular formula is C17H21ClN2O. The Kier molecular flexibility index (Phi) is 5.21. The van der Waals surface area contributed by atoms with Crippen molar-refractivity contribution in [2.75, 3.05) is 6.54 Å². The molecule has 0 aliphatic rings. The minimum atomic E-state index is -0.258. The van der Waals surface area contributed by atoms with Gasteiger partial charge in [0.15, 0.2) is 6.10 Å². The molecule has 3 nitrogen and oxygen atoms in total. The highest BCUT2D eigenvalue weighted by molar-refractivity contribution is 6.31. The third-order valence-corrected chi connectivity index (χ3v) is 3.74. The third kappa shape index (κ3) is 3.74. The van der Waals surface area contributed by atoms with Crippen LogP contribution in [0.4, 0.5) is 0 Å². The Morgan fingerprint density at radius 2 is 2.05 bits per heavy atom. The molecule has 0 saturated heterocycles. The topological polar surface area (TPSA) is 48.1 Å². The van der Waals surface area contributed by atoms with Gasteiger partial charge in [-0.25, -0.2) is 0 Å². The van der Waals surface area contributed by atoms with E-state index in [0.717, 1.165) is 27.6 Å². The Hall–Kier alpha value is -1.58. The van der Waals surface area contributed by atoms with E-state index in [-0.39, 0.29) is 6.10 Å². The average molecular weight is 305 g/mol. The van der Waals surface area contributed by atoms with E-state index in [9.17, 15) is 0 Å². The van der Waals surface area contributed by atoms with Gasteiger partial charge in [-0.3, -0.25) is 4.98 Å². The minimum Gasteiger partial charge on any atom is -0.483 e. The summed E-state index contributed by atoms with van der Waals surface area (Å²) in [5.74, 6) is 1.15. The van der Waals surface area contributed by atoms with Gasteiger partial charge < -0.3 is 10.5 Å². The summed E-state index contributed by atoms with van der Waals surface area (Å²) >= 11 is 6.29. The summed E-state index contributed by atoms with van der Waals surface area (Å²) in [6, 6.07) is 9.68. The van der Waals surface area contributed by atoms with Gasteiger partial charge in [0.1, 0.15) is 5.75 Å². The number of aromatic nitrogens is 1. The zero-order valence-electron chi connectivity index (χ0n) is 12.6. The number of rotatable bonds is 5. The monoisotopic (exact) mass is 304 g/mol. The van der Waals surface area contributed by atoms with Gasteiger partial charge in [0.25, 0.3) is 0 Å². The molecule has 1 unspecified atom stereocenters. The van der Waals surface area contributed by atoms with E-state index in [1.807, 2.05) is 37.3 Å². The molecule has 2 rings (SSSR count). The quantitative estimate of drug-likeness (QED) is 0.898. The van der Waals surface area contributed by atoms with Crippen LogP contribution >= 0.6 is 11.6 Å². The maximum absolute atomic E-state index is 6.29. The van der Waals surface area contributed by atoms with Crippen LogP contribution in [0.25, 0.3) is 0 Å². The summed E-state index contributed by atoms with van der Waals surface area (Å²) in [5, 5.41) is 0.775. The van der Waals surface area contributed by atoms with Crippen LogP contribution in [0.2, 0.25) is 5.02 Å². The van der Waals surface area contributed by atoms with E-state index in [1.54, 1.807) is 6.20 Å². The van der Waals surface area contributed by atoms with Gasteiger partial charge in [0.2, 0.25) is 0 Å². The molecule has 0 aliphatic carbocycles. The molecule has 1 heterocycles. The highest BCUT2D eigenvalue weighted by Gasteiger charge is 2.16. The van der Waals surface area contributed by atoms with E-state index >= 15 is 0 Å². The summed E-state index contributed by atoms with van der Waals surface area (Å²) in [4.78, 5) is 4.32.